The van der Waals surface area contributed by atoms with Crippen molar-refractivity contribution in [2.24, 2.45) is 4.99 Å². The average Bonchev–Trinajstić information content (AvgIpc) is 2.89. The van der Waals surface area contributed by atoms with Crippen LogP contribution in [0.3, 0.4) is 0 Å². The Bertz CT molecular complexity index is 796. The van der Waals surface area contributed by atoms with Gasteiger partial charge in [-0.05, 0) is 52.9 Å². The van der Waals surface area contributed by atoms with Crippen molar-refractivity contribution in [3.8, 4) is 5.75 Å². The first-order valence-corrected chi connectivity index (χ1v) is 7.67. The molecule has 2 aromatic rings. The van der Waals surface area contributed by atoms with Gasteiger partial charge in [-0.3, -0.25) is 0 Å². The number of esters is 1. The van der Waals surface area contributed by atoms with E-state index in [0.29, 0.717) is 11.6 Å². The number of carbonyl (C=O) groups excluding carboxylic acids is 1. The Morgan fingerprint density at radius 2 is 2.00 bits per heavy atom. The molecule has 0 atom stereocenters. The lowest BCUT2D eigenvalue weighted by atomic mass is 10.1. The fourth-order valence-electron chi connectivity index (χ4n) is 2.09. The Hall–Kier alpha value is -2.15. The van der Waals surface area contributed by atoms with Gasteiger partial charge in [-0.2, -0.15) is 0 Å². The number of para-hydroxylation sites is 1. The SMILES string of the molecule is COc1ccccc1/C=C1/N=C(c2cccc(I)c2)OC1=O. The Morgan fingerprint density at radius 1 is 1.18 bits per heavy atom. The van der Waals surface area contributed by atoms with Crippen LogP contribution >= 0.6 is 22.6 Å². The number of aliphatic imine (C=N–C) groups is 1. The Kier molecular flexibility index (Phi) is 4.24. The molecule has 0 fully saturated rings. The van der Waals surface area contributed by atoms with Crippen molar-refractivity contribution in [1.29, 1.82) is 0 Å². The van der Waals surface area contributed by atoms with E-state index < -0.39 is 5.97 Å². The molecule has 0 spiro atoms. The summed E-state index contributed by atoms with van der Waals surface area (Å²) in [6.07, 6.45) is 1.67. The number of methoxy groups -OCH3 is 1. The molecule has 5 heteroatoms. The quantitative estimate of drug-likeness (QED) is 0.445. The van der Waals surface area contributed by atoms with E-state index in [1.807, 2.05) is 48.5 Å². The minimum Gasteiger partial charge on any atom is -0.496 e. The summed E-state index contributed by atoms with van der Waals surface area (Å²) in [6.45, 7) is 0. The molecule has 0 amide bonds. The third-order valence-corrected chi connectivity index (χ3v) is 3.79. The first kappa shape index (κ1) is 14.8. The molecular formula is C17H12INO3. The smallest absolute Gasteiger partial charge is 0.363 e. The van der Waals surface area contributed by atoms with Gasteiger partial charge in [0.15, 0.2) is 5.70 Å². The molecule has 2 aromatic carbocycles. The van der Waals surface area contributed by atoms with E-state index in [1.165, 1.54) is 0 Å². The van der Waals surface area contributed by atoms with Crippen molar-refractivity contribution in [2.75, 3.05) is 7.11 Å². The van der Waals surface area contributed by atoms with Gasteiger partial charge in [0.2, 0.25) is 5.90 Å². The van der Waals surface area contributed by atoms with Crippen LogP contribution in [-0.4, -0.2) is 19.0 Å². The summed E-state index contributed by atoms with van der Waals surface area (Å²) < 4.78 is 11.6. The predicted molar refractivity (Wildman–Crippen MR) is 92.8 cm³/mol. The summed E-state index contributed by atoms with van der Waals surface area (Å²) in [5.41, 5.74) is 1.83. The van der Waals surface area contributed by atoms with Gasteiger partial charge >= 0.3 is 5.97 Å². The summed E-state index contributed by atoms with van der Waals surface area (Å²) in [5.74, 6) is 0.546. The third kappa shape index (κ3) is 3.04. The Morgan fingerprint density at radius 3 is 2.77 bits per heavy atom. The second-order valence-corrected chi connectivity index (χ2v) is 5.83. The van der Waals surface area contributed by atoms with Gasteiger partial charge in [0.25, 0.3) is 0 Å². The van der Waals surface area contributed by atoms with E-state index in [-0.39, 0.29) is 5.70 Å². The number of hydrogen-bond acceptors (Lipinski definition) is 4. The fraction of sp³-hybridized carbons (Fsp3) is 0.0588. The molecular weight excluding hydrogens is 393 g/mol. The van der Waals surface area contributed by atoms with Crippen molar-refractivity contribution in [3.63, 3.8) is 0 Å². The highest BCUT2D eigenvalue weighted by Gasteiger charge is 2.24. The van der Waals surface area contributed by atoms with Crippen molar-refractivity contribution < 1.29 is 14.3 Å². The van der Waals surface area contributed by atoms with E-state index in [0.717, 1.165) is 14.7 Å². The van der Waals surface area contributed by atoms with E-state index >= 15 is 0 Å². The van der Waals surface area contributed by atoms with Crippen molar-refractivity contribution >= 4 is 40.5 Å². The molecule has 22 heavy (non-hydrogen) atoms. The van der Waals surface area contributed by atoms with Crippen LogP contribution in [0.4, 0.5) is 0 Å². The Labute approximate surface area is 141 Å². The second kappa shape index (κ2) is 6.31. The minimum absolute atomic E-state index is 0.262. The number of halogens is 1. The topological polar surface area (TPSA) is 47.9 Å². The predicted octanol–water partition coefficient (Wildman–Crippen LogP) is 3.64. The number of nitrogens with zero attached hydrogens (tertiary/aromatic N) is 1. The highest BCUT2D eigenvalue weighted by atomic mass is 127. The van der Waals surface area contributed by atoms with Crippen LogP contribution in [0.2, 0.25) is 0 Å². The van der Waals surface area contributed by atoms with Gasteiger partial charge in [0.1, 0.15) is 5.75 Å². The zero-order chi connectivity index (χ0) is 15.5. The maximum atomic E-state index is 12.0. The zero-order valence-corrected chi connectivity index (χ0v) is 13.9. The first-order valence-electron chi connectivity index (χ1n) is 6.59. The maximum absolute atomic E-state index is 12.0. The molecule has 0 N–H and O–H groups in total. The van der Waals surface area contributed by atoms with Crippen LogP contribution in [-0.2, 0) is 9.53 Å². The van der Waals surface area contributed by atoms with E-state index in [9.17, 15) is 4.79 Å². The van der Waals surface area contributed by atoms with Crippen LogP contribution < -0.4 is 4.74 Å². The second-order valence-electron chi connectivity index (χ2n) is 4.59. The van der Waals surface area contributed by atoms with Gasteiger partial charge in [-0.1, -0.05) is 24.3 Å². The summed E-state index contributed by atoms with van der Waals surface area (Å²) in [5, 5.41) is 0. The van der Waals surface area contributed by atoms with Gasteiger partial charge in [-0.25, -0.2) is 9.79 Å². The van der Waals surface area contributed by atoms with Crippen LogP contribution in [0.15, 0.2) is 59.2 Å². The van der Waals surface area contributed by atoms with Crippen LogP contribution in [0, 0.1) is 3.57 Å². The largest absolute Gasteiger partial charge is 0.496 e. The molecule has 1 heterocycles. The van der Waals surface area contributed by atoms with Crippen molar-refractivity contribution in [1.82, 2.24) is 0 Å². The number of carbonyl (C=O) groups is 1. The molecule has 0 radical (unpaired) electrons. The number of rotatable bonds is 3. The number of benzene rings is 2. The maximum Gasteiger partial charge on any atom is 0.363 e. The van der Waals surface area contributed by atoms with E-state index in [2.05, 4.69) is 27.6 Å². The summed E-state index contributed by atoms with van der Waals surface area (Å²) >= 11 is 2.20. The van der Waals surface area contributed by atoms with E-state index in [1.54, 1.807) is 13.2 Å². The normalized spacial score (nSPS) is 15.6. The van der Waals surface area contributed by atoms with Crippen LogP contribution in [0.25, 0.3) is 6.08 Å². The number of hydrogen-bond donors (Lipinski definition) is 0. The lowest BCUT2D eigenvalue weighted by Crippen LogP contribution is -2.05. The highest BCUT2D eigenvalue weighted by Crippen LogP contribution is 2.24. The number of ether oxygens (including phenoxy) is 2. The molecule has 1 aliphatic rings. The molecule has 0 saturated heterocycles. The summed E-state index contributed by atoms with van der Waals surface area (Å²) in [4.78, 5) is 16.3. The van der Waals surface area contributed by atoms with Crippen LogP contribution in [0.1, 0.15) is 11.1 Å². The van der Waals surface area contributed by atoms with Gasteiger partial charge in [-0.15, -0.1) is 0 Å². The van der Waals surface area contributed by atoms with Gasteiger partial charge in [0, 0.05) is 14.7 Å². The monoisotopic (exact) mass is 405 g/mol. The molecule has 0 aliphatic carbocycles. The molecule has 4 nitrogen and oxygen atoms in total. The third-order valence-electron chi connectivity index (χ3n) is 3.12. The average molecular weight is 405 g/mol. The lowest BCUT2D eigenvalue weighted by Gasteiger charge is -2.03. The molecule has 0 aromatic heterocycles. The van der Waals surface area contributed by atoms with Crippen molar-refractivity contribution in [3.05, 3.63) is 68.9 Å². The number of cyclic esters (lactones) is 1. The van der Waals surface area contributed by atoms with Crippen LogP contribution in [0.5, 0.6) is 5.75 Å². The first-order chi connectivity index (χ1) is 10.7. The summed E-state index contributed by atoms with van der Waals surface area (Å²) in [6, 6.07) is 15.1. The zero-order valence-electron chi connectivity index (χ0n) is 11.7. The Balaban J connectivity index is 1.98. The van der Waals surface area contributed by atoms with Crippen molar-refractivity contribution in [2.45, 2.75) is 0 Å². The van der Waals surface area contributed by atoms with Gasteiger partial charge in [0.05, 0.1) is 7.11 Å². The lowest BCUT2D eigenvalue weighted by molar-refractivity contribution is -0.129. The standard InChI is InChI=1S/C17H12INO3/c1-21-15-8-3-2-5-11(15)10-14-17(20)22-16(19-14)12-6-4-7-13(18)9-12/h2-10H,1H3/b14-10+. The highest BCUT2D eigenvalue weighted by molar-refractivity contribution is 14.1. The molecule has 0 saturated carbocycles. The fourth-order valence-corrected chi connectivity index (χ4v) is 2.63. The summed E-state index contributed by atoms with van der Waals surface area (Å²) in [7, 11) is 1.59. The molecule has 0 bridgehead atoms. The molecule has 3 rings (SSSR count). The minimum atomic E-state index is -0.459. The van der Waals surface area contributed by atoms with E-state index in [4.69, 9.17) is 9.47 Å². The van der Waals surface area contributed by atoms with Gasteiger partial charge < -0.3 is 9.47 Å². The molecule has 110 valence electrons. The molecule has 1 aliphatic heterocycles. The molecule has 0 unspecified atom stereocenters.